The minimum atomic E-state index is -0.357. The summed E-state index contributed by atoms with van der Waals surface area (Å²) in [7, 11) is 0. The highest BCUT2D eigenvalue weighted by Crippen LogP contribution is 2.42. The summed E-state index contributed by atoms with van der Waals surface area (Å²) < 4.78 is 0. The molecule has 4 heteroatoms. The number of anilines is 1. The molecule has 1 unspecified atom stereocenters. The summed E-state index contributed by atoms with van der Waals surface area (Å²) in [5, 5.41) is 14.4. The summed E-state index contributed by atoms with van der Waals surface area (Å²) in [5.74, 6) is 0. The van der Waals surface area contributed by atoms with Crippen molar-refractivity contribution < 1.29 is 4.92 Å². The lowest BCUT2D eigenvalue weighted by atomic mass is 9.80. The SMILES string of the molecule is CC1Nc2ccc(-c3cccc([N+](=O)[O-])c3)cc2C1(C)C. The van der Waals surface area contributed by atoms with Gasteiger partial charge in [0.25, 0.3) is 5.69 Å². The molecule has 0 aromatic heterocycles. The number of nitrogens with one attached hydrogen (secondary N) is 1. The van der Waals surface area contributed by atoms with Crippen molar-refractivity contribution in [2.45, 2.75) is 32.2 Å². The van der Waals surface area contributed by atoms with Crippen molar-refractivity contribution >= 4 is 11.4 Å². The number of hydrogen-bond donors (Lipinski definition) is 1. The normalized spacial score (nSPS) is 18.9. The highest BCUT2D eigenvalue weighted by Gasteiger charge is 2.36. The number of benzene rings is 2. The maximum atomic E-state index is 10.9. The molecule has 0 bridgehead atoms. The first-order valence-electron chi connectivity index (χ1n) is 7.05. The third-order valence-corrected chi connectivity index (χ3v) is 4.56. The number of nitro groups is 1. The van der Waals surface area contributed by atoms with E-state index in [2.05, 4.69) is 38.2 Å². The fourth-order valence-corrected chi connectivity index (χ4v) is 2.83. The van der Waals surface area contributed by atoms with E-state index in [-0.39, 0.29) is 16.0 Å². The molecule has 108 valence electrons. The average Bonchev–Trinajstić information content (AvgIpc) is 2.69. The van der Waals surface area contributed by atoms with Crippen LogP contribution in [0.15, 0.2) is 42.5 Å². The van der Waals surface area contributed by atoms with Crippen LogP contribution < -0.4 is 5.32 Å². The van der Waals surface area contributed by atoms with Gasteiger partial charge in [-0.05, 0) is 35.7 Å². The van der Waals surface area contributed by atoms with Crippen molar-refractivity contribution in [3.8, 4) is 11.1 Å². The first kappa shape index (κ1) is 13.6. The molecule has 21 heavy (non-hydrogen) atoms. The molecule has 1 atom stereocenters. The molecule has 1 heterocycles. The van der Waals surface area contributed by atoms with Crippen LogP contribution in [0.5, 0.6) is 0 Å². The van der Waals surface area contributed by atoms with E-state index >= 15 is 0 Å². The molecule has 2 aromatic carbocycles. The zero-order valence-corrected chi connectivity index (χ0v) is 12.4. The number of rotatable bonds is 2. The zero-order valence-electron chi connectivity index (χ0n) is 12.4. The van der Waals surface area contributed by atoms with Gasteiger partial charge >= 0.3 is 0 Å². The van der Waals surface area contributed by atoms with Crippen molar-refractivity contribution in [1.82, 2.24) is 0 Å². The average molecular weight is 282 g/mol. The summed E-state index contributed by atoms with van der Waals surface area (Å²) >= 11 is 0. The lowest BCUT2D eigenvalue weighted by molar-refractivity contribution is -0.384. The largest absolute Gasteiger partial charge is 0.381 e. The topological polar surface area (TPSA) is 55.2 Å². The molecule has 0 amide bonds. The summed E-state index contributed by atoms with van der Waals surface area (Å²) in [6, 6.07) is 13.4. The third-order valence-electron chi connectivity index (χ3n) is 4.56. The molecule has 0 saturated heterocycles. The van der Waals surface area contributed by atoms with Gasteiger partial charge in [0, 0.05) is 29.3 Å². The van der Waals surface area contributed by atoms with E-state index in [4.69, 9.17) is 0 Å². The molecule has 2 aromatic rings. The summed E-state index contributed by atoms with van der Waals surface area (Å²) in [6.07, 6.45) is 0. The number of fused-ring (bicyclic) bond motifs is 1. The van der Waals surface area contributed by atoms with E-state index in [9.17, 15) is 10.1 Å². The second kappa shape index (κ2) is 4.58. The van der Waals surface area contributed by atoms with Crippen molar-refractivity contribution in [2.24, 2.45) is 0 Å². The molecule has 1 N–H and O–H groups in total. The van der Waals surface area contributed by atoms with Crippen LogP contribution in [0.3, 0.4) is 0 Å². The van der Waals surface area contributed by atoms with Crippen molar-refractivity contribution in [1.29, 1.82) is 0 Å². The van der Waals surface area contributed by atoms with Crippen LogP contribution >= 0.6 is 0 Å². The van der Waals surface area contributed by atoms with E-state index in [1.165, 1.54) is 11.6 Å². The first-order valence-corrected chi connectivity index (χ1v) is 7.05. The fraction of sp³-hybridized carbons (Fsp3) is 0.294. The fourth-order valence-electron chi connectivity index (χ4n) is 2.83. The predicted molar refractivity (Wildman–Crippen MR) is 84.6 cm³/mol. The van der Waals surface area contributed by atoms with Gasteiger partial charge in [-0.1, -0.05) is 32.0 Å². The van der Waals surface area contributed by atoms with E-state index < -0.39 is 0 Å². The van der Waals surface area contributed by atoms with Crippen LogP contribution in [-0.2, 0) is 5.41 Å². The second-order valence-electron chi connectivity index (χ2n) is 6.16. The number of nitro benzene ring substituents is 1. The molecule has 0 spiro atoms. The van der Waals surface area contributed by atoms with E-state index in [1.807, 2.05) is 12.1 Å². The van der Waals surface area contributed by atoms with Gasteiger partial charge in [0.1, 0.15) is 0 Å². The Morgan fingerprint density at radius 1 is 1.14 bits per heavy atom. The smallest absolute Gasteiger partial charge is 0.270 e. The highest BCUT2D eigenvalue weighted by molar-refractivity contribution is 5.73. The minimum Gasteiger partial charge on any atom is -0.381 e. The zero-order chi connectivity index (χ0) is 15.2. The number of non-ortho nitro benzene ring substituents is 1. The molecule has 0 saturated carbocycles. The quantitative estimate of drug-likeness (QED) is 0.658. The Morgan fingerprint density at radius 3 is 2.57 bits per heavy atom. The molecule has 1 aliphatic heterocycles. The Kier molecular flexibility index (Phi) is 2.97. The molecule has 0 fully saturated rings. The molecule has 0 radical (unpaired) electrons. The Balaban J connectivity index is 2.08. The van der Waals surface area contributed by atoms with Gasteiger partial charge in [0.05, 0.1) is 4.92 Å². The molecule has 4 nitrogen and oxygen atoms in total. The van der Waals surface area contributed by atoms with Gasteiger partial charge < -0.3 is 5.32 Å². The standard InChI is InChI=1S/C17H18N2O2/c1-11-17(2,3)15-10-13(7-8-16(15)18-11)12-5-4-6-14(9-12)19(20)21/h4-11,18H,1-3H3. The van der Waals surface area contributed by atoms with E-state index in [0.29, 0.717) is 6.04 Å². The molecule has 1 aliphatic rings. The Bertz CT molecular complexity index is 722. The Hall–Kier alpha value is -2.36. The van der Waals surface area contributed by atoms with Crippen molar-refractivity contribution in [3.63, 3.8) is 0 Å². The number of nitrogens with zero attached hydrogens (tertiary/aromatic N) is 1. The van der Waals surface area contributed by atoms with Crippen LogP contribution in [0.4, 0.5) is 11.4 Å². The summed E-state index contributed by atoms with van der Waals surface area (Å²) in [4.78, 5) is 10.6. The lowest BCUT2D eigenvalue weighted by Gasteiger charge is -2.24. The molecule has 3 rings (SSSR count). The number of hydrogen-bond acceptors (Lipinski definition) is 3. The second-order valence-corrected chi connectivity index (χ2v) is 6.16. The lowest BCUT2D eigenvalue weighted by Crippen LogP contribution is -2.29. The Labute approximate surface area is 124 Å². The summed E-state index contributed by atoms with van der Waals surface area (Å²) in [5.41, 5.74) is 4.48. The van der Waals surface area contributed by atoms with Crippen LogP contribution in [0, 0.1) is 10.1 Å². The van der Waals surface area contributed by atoms with Gasteiger partial charge in [-0.3, -0.25) is 10.1 Å². The van der Waals surface area contributed by atoms with E-state index in [1.54, 1.807) is 12.1 Å². The minimum absolute atomic E-state index is 0.0477. The van der Waals surface area contributed by atoms with Crippen LogP contribution in [0.25, 0.3) is 11.1 Å². The third kappa shape index (κ3) is 2.17. The maximum Gasteiger partial charge on any atom is 0.270 e. The van der Waals surface area contributed by atoms with Gasteiger partial charge in [0.2, 0.25) is 0 Å². The van der Waals surface area contributed by atoms with Crippen molar-refractivity contribution in [2.75, 3.05) is 5.32 Å². The van der Waals surface area contributed by atoms with Gasteiger partial charge in [0.15, 0.2) is 0 Å². The van der Waals surface area contributed by atoms with Gasteiger partial charge in [-0.2, -0.15) is 0 Å². The monoisotopic (exact) mass is 282 g/mol. The Morgan fingerprint density at radius 2 is 1.86 bits per heavy atom. The molecular formula is C17H18N2O2. The summed E-state index contributed by atoms with van der Waals surface area (Å²) in [6.45, 7) is 6.61. The first-order chi connectivity index (χ1) is 9.89. The van der Waals surface area contributed by atoms with Gasteiger partial charge in [-0.25, -0.2) is 0 Å². The predicted octanol–water partition coefficient (Wildman–Crippen LogP) is 4.35. The van der Waals surface area contributed by atoms with Crippen LogP contribution in [0.2, 0.25) is 0 Å². The maximum absolute atomic E-state index is 10.9. The van der Waals surface area contributed by atoms with E-state index in [0.717, 1.165) is 16.8 Å². The van der Waals surface area contributed by atoms with Crippen LogP contribution in [0.1, 0.15) is 26.3 Å². The van der Waals surface area contributed by atoms with Gasteiger partial charge in [-0.15, -0.1) is 0 Å². The van der Waals surface area contributed by atoms with Crippen LogP contribution in [-0.4, -0.2) is 11.0 Å². The molecule has 0 aliphatic carbocycles. The molecular weight excluding hydrogens is 264 g/mol. The van der Waals surface area contributed by atoms with Crippen molar-refractivity contribution in [3.05, 3.63) is 58.1 Å². The highest BCUT2D eigenvalue weighted by atomic mass is 16.6.